The van der Waals surface area contributed by atoms with E-state index in [2.05, 4.69) is 39.0 Å². The van der Waals surface area contributed by atoms with E-state index in [0.717, 1.165) is 11.8 Å². The van der Waals surface area contributed by atoms with Crippen LogP contribution in [0.5, 0.6) is 0 Å². The minimum atomic E-state index is 0.570. The van der Waals surface area contributed by atoms with E-state index in [-0.39, 0.29) is 0 Å². The number of aryl methyl sites for hydroxylation is 1. The first-order valence-corrected chi connectivity index (χ1v) is 5.69. The first-order valence-electron chi connectivity index (χ1n) is 5.69. The zero-order chi connectivity index (χ0) is 9.92. The van der Waals surface area contributed by atoms with Crippen molar-refractivity contribution in [3.8, 4) is 0 Å². The minimum Gasteiger partial charge on any atom is -0.0617 e. The summed E-state index contributed by atoms with van der Waals surface area (Å²) in [5.41, 5.74) is 5.39. The molecule has 0 N–H and O–H groups in total. The third-order valence-corrected chi connectivity index (χ3v) is 4.74. The number of hydrogen-bond donors (Lipinski definition) is 0. The summed E-state index contributed by atoms with van der Waals surface area (Å²) in [5, 5.41) is 0. The van der Waals surface area contributed by atoms with Crippen LogP contribution in [0.4, 0.5) is 0 Å². The molecule has 3 aliphatic rings. The lowest BCUT2D eigenvalue weighted by atomic mass is 9.47. The van der Waals surface area contributed by atoms with Crippen LogP contribution in [-0.2, 0) is 6.42 Å². The molecule has 1 fully saturated rings. The summed E-state index contributed by atoms with van der Waals surface area (Å²) in [4.78, 5) is 0. The first kappa shape index (κ1) is 8.52. The molecule has 3 aliphatic carbocycles. The van der Waals surface area contributed by atoms with Crippen molar-refractivity contribution in [2.24, 2.45) is 11.3 Å². The second-order valence-corrected chi connectivity index (χ2v) is 5.65. The van der Waals surface area contributed by atoms with Crippen molar-refractivity contribution in [2.75, 3.05) is 0 Å². The van der Waals surface area contributed by atoms with Crippen LogP contribution in [0.15, 0.2) is 18.2 Å². The van der Waals surface area contributed by atoms with Crippen molar-refractivity contribution in [3.05, 3.63) is 34.9 Å². The molecular formula is C14H18. The van der Waals surface area contributed by atoms with E-state index >= 15 is 0 Å². The topological polar surface area (TPSA) is 0 Å². The summed E-state index contributed by atoms with van der Waals surface area (Å²) in [6.45, 7) is 7.14. The van der Waals surface area contributed by atoms with Crippen molar-refractivity contribution in [1.82, 2.24) is 0 Å². The van der Waals surface area contributed by atoms with Gasteiger partial charge >= 0.3 is 0 Å². The molecule has 4 rings (SSSR count). The Morgan fingerprint density at radius 2 is 2.07 bits per heavy atom. The van der Waals surface area contributed by atoms with Crippen LogP contribution in [-0.4, -0.2) is 0 Å². The van der Waals surface area contributed by atoms with Gasteiger partial charge in [-0.2, -0.15) is 0 Å². The fourth-order valence-corrected chi connectivity index (χ4v) is 3.47. The molecule has 1 saturated carbocycles. The molecule has 0 aromatic heterocycles. The zero-order valence-corrected chi connectivity index (χ0v) is 9.30. The predicted molar refractivity (Wildman–Crippen MR) is 59.5 cm³/mol. The molecule has 0 nitrogen and oxygen atoms in total. The van der Waals surface area contributed by atoms with Gasteiger partial charge in [0.15, 0.2) is 0 Å². The quantitative estimate of drug-likeness (QED) is 0.580. The lowest BCUT2D eigenvalue weighted by Crippen LogP contribution is -2.48. The minimum absolute atomic E-state index is 0.570. The highest BCUT2D eigenvalue weighted by atomic mass is 14.6. The molecule has 14 heavy (non-hydrogen) atoms. The Kier molecular flexibility index (Phi) is 1.47. The fraction of sp³-hybridized carbons (Fsp3) is 0.571. The van der Waals surface area contributed by atoms with Gasteiger partial charge in [0.2, 0.25) is 0 Å². The van der Waals surface area contributed by atoms with Crippen molar-refractivity contribution in [1.29, 1.82) is 0 Å². The summed E-state index contributed by atoms with van der Waals surface area (Å²) in [6.07, 6.45) is 2.76. The van der Waals surface area contributed by atoms with Crippen LogP contribution in [0, 0.1) is 18.3 Å². The maximum atomic E-state index is 2.44. The average Bonchev–Trinajstić information content (AvgIpc) is 2.17. The van der Waals surface area contributed by atoms with Gasteiger partial charge in [-0.1, -0.05) is 32.0 Å². The summed E-state index contributed by atoms with van der Waals surface area (Å²) in [7, 11) is 0. The molecule has 1 aromatic carbocycles. The second kappa shape index (κ2) is 2.42. The molecule has 1 aromatic rings. The maximum Gasteiger partial charge on any atom is -0.0102 e. The Bertz CT molecular complexity index is 387. The molecule has 0 saturated heterocycles. The van der Waals surface area contributed by atoms with Crippen molar-refractivity contribution < 1.29 is 0 Å². The molecule has 74 valence electrons. The highest BCUT2D eigenvalue weighted by Gasteiger charge is 2.52. The molecule has 2 bridgehead atoms. The third kappa shape index (κ3) is 0.846. The summed E-state index contributed by atoms with van der Waals surface area (Å²) >= 11 is 0. The van der Waals surface area contributed by atoms with Crippen LogP contribution in [0.25, 0.3) is 0 Å². The van der Waals surface area contributed by atoms with Crippen molar-refractivity contribution in [3.63, 3.8) is 0 Å². The van der Waals surface area contributed by atoms with Crippen LogP contribution in [0.1, 0.15) is 42.9 Å². The third-order valence-electron chi connectivity index (χ3n) is 4.74. The molecular weight excluding hydrogens is 168 g/mol. The summed E-state index contributed by atoms with van der Waals surface area (Å²) in [6, 6.07) is 6.84. The van der Waals surface area contributed by atoms with Gasteiger partial charge in [0.05, 0.1) is 0 Å². The van der Waals surface area contributed by atoms with E-state index < -0.39 is 0 Å². The van der Waals surface area contributed by atoms with Gasteiger partial charge < -0.3 is 0 Å². The smallest absolute Gasteiger partial charge is 0.0102 e. The van der Waals surface area contributed by atoms with Gasteiger partial charge in [0, 0.05) is 0 Å². The van der Waals surface area contributed by atoms with Gasteiger partial charge in [0.25, 0.3) is 0 Å². The Hall–Kier alpha value is -0.780. The van der Waals surface area contributed by atoms with E-state index in [0.29, 0.717) is 5.41 Å². The standard InChI is InChI=1S/C14H18/c1-9-5-4-6-11-12(9)7-10-8-13(11)14(10,2)3/h4-6,10,13H,7-8H2,1-3H3. The van der Waals surface area contributed by atoms with Crippen LogP contribution >= 0.6 is 0 Å². The normalized spacial score (nSPS) is 31.9. The second-order valence-electron chi connectivity index (χ2n) is 5.65. The Morgan fingerprint density at radius 1 is 1.29 bits per heavy atom. The predicted octanol–water partition coefficient (Wildman–Crippen LogP) is 3.68. The van der Waals surface area contributed by atoms with Gasteiger partial charge in [-0.25, -0.2) is 0 Å². The van der Waals surface area contributed by atoms with E-state index in [1.807, 2.05) is 0 Å². The SMILES string of the molecule is Cc1cccc2c1CC1CC2C1(C)C. The maximum absolute atomic E-state index is 2.44. The molecule has 0 spiro atoms. The molecule has 0 aliphatic heterocycles. The van der Waals surface area contributed by atoms with E-state index in [1.165, 1.54) is 18.4 Å². The highest BCUT2D eigenvalue weighted by Crippen LogP contribution is 2.62. The molecule has 0 amide bonds. The Morgan fingerprint density at radius 3 is 2.79 bits per heavy atom. The van der Waals surface area contributed by atoms with Crippen LogP contribution in [0.2, 0.25) is 0 Å². The van der Waals surface area contributed by atoms with Crippen LogP contribution < -0.4 is 0 Å². The monoisotopic (exact) mass is 186 g/mol. The van der Waals surface area contributed by atoms with Gasteiger partial charge in [-0.15, -0.1) is 0 Å². The lowest BCUT2D eigenvalue weighted by Gasteiger charge is -2.57. The highest BCUT2D eigenvalue weighted by molar-refractivity contribution is 5.43. The first-order chi connectivity index (χ1) is 6.60. The average molecular weight is 186 g/mol. The fourth-order valence-electron chi connectivity index (χ4n) is 3.47. The van der Waals surface area contributed by atoms with E-state index in [1.54, 1.807) is 11.1 Å². The molecule has 2 atom stereocenters. The van der Waals surface area contributed by atoms with Gasteiger partial charge in [-0.05, 0) is 53.7 Å². The number of benzene rings is 1. The summed E-state index contributed by atoms with van der Waals surface area (Å²) < 4.78 is 0. The van der Waals surface area contributed by atoms with Crippen LogP contribution in [0.3, 0.4) is 0 Å². The van der Waals surface area contributed by atoms with E-state index in [4.69, 9.17) is 0 Å². The summed E-state index contributed by atoms with van der Waals surface area (Å²) in [5.74, 6) is 1.79. The van der Waals surface area contributed by atoms with Gasteiger partial charge in [-0.3, -0.25) is 0 Å². The molecule has 0 heteroatoms. The van der Waals surface area contributed by atoms with Gasteiger partial charge in [0.1, 0.15) is 0 Å². The number of hydrogen-bond acceptors (Lipinski definition) is 0. The van der Waals surface area contributed by atoms with E-state index in [9.17, 15) is 0 Å². The Balaban J connectivity index is 2.16. The van der Waals surface area contributed by atoms with Crippen molar-refractivity contribution >= 4 is 0 Å². The number of rotatable bonds is 0. The molecule has 0 radical (unpaired) electrons. The molecule has 2 unspecified atom stereocenters. The largest absolute Gasteiger partial charge is 0.0617 e. The lowest BCUT2D eigenvalue weighted by molar-refractivity contribution is 0.0183. The zero-order valence-electron chi connectivity index (χ0n) is 9.30. The molecule has 0 heterocycles. The van der Waals surface area contributed by atoms with Crippen molar-refractivity contribution in [2.45, 2.75) is 39.5 Å². The Labute approximate surface area is 86.3 Å².